The Hall–Kier alpha value is -4.97. The molecule has 4 bridgehead atoms. The Balaban J connectivity index is 2.07. The minimum atomic E-state index is -1.29. The van der Waals surface area contributed by atoms with Gasteiger partial charge in [0.1, 0.15) is 11.4 Å². The molecule has 0 saturated carbocycles. The second-order valence-corrected chi connectivity index (χ2v) is 12.9. The number of amides is 1. The number of aliphatic hydroxyl groups excluding tert-OH is 4. The van der Waals surface area contributed by atoms with Gasteiger partial charge in [0.15, 0.2) is 17.3 Å². The van der Waals surface area contributed by atoms with Crippen LogP contribution in [0.1, 0.15) is 79.3 Å². The Morgan fingerprint density at radius 2 is 1.38 bits per heavy atom. The number of benzene rings is 1. The predicted molar refractivity (Wildman–Crippen MR) is 188 cm³/mol. The number of allylic oxidation sites excluding steroid dienone is 7. The van der Waals surface area contributed by atoms with Crippen LogP contribution in [0.25, 0.3) is 5.76 Å². The van der Waals surface area contributed by atoms with Gasteiger partial charge in [0.25, 0.3) is 5.78 Å². The third-order valence-electron chi connectivity index (χ3n) is 8.81. The number of phenolic OH excluding ortho intramolecular Hbond substituents is 1. The smallest absolute Gasteiger partial charge is 0.253 e. The minimum absolute atomic E-state index is 0.0421. The average molecular weight is 688 g/mol. The van der Waals surface area contributed by atoms with Crippen LogP contribution in [-0.4, -0.2) is 72.9 Å². The van der Waals surface area contributed by atoms with E-state index in [1.165, 1.54) is 44.2 Å². The Bertz CT molecular complexity index is 1770. The van der Waals surface area contributed by atoms with E-state index >= 15 is 0 Å². The number of carbonyl (C=O) groups is 5. The summed E-state index contributed by atoms with van der Waals surface area (Å²) in [5, 5.41) is 56.2. The van der Waals surface area contributed by atoms with E-state index in [1.54, 1.807) is 58.1 Å². The number of Topliss-reactive ketones (excluding diaryl/α,β-unsaturated/α-hetero) is 4. The van der Waals surface area contributed by atoms with Crippen molar-refractivity contribution in [3.05, 3.63) is 106 Å². The molecule has 11 nitrogen and oxygen atoms in total. The van der Waals surface area contributed by atoms with Crippen molar-refractivity contribution >= 4 is 34.8 Å². The normalized spacial score (nSPS) is 31.3. The molecule has 266 valence electrons. The molecule has 0 fully saturated rings. The lowest BCUT2D eigenvalue weighted by Gasteiger charge is -2.23. The van der Waals surface area contributed by atoms with Crippen molar-refractivity contribution in [3.63, 3.8) is 0 Å². The van der Waals surface area contributed by atoms with Gasteiger partial charge in [-0.05, 0) is 50.0 Å². The fourth-order valence-corrected chi connectivity index (χ4v) is 5.53. The summed E-state index contributed by atoms with van der Waals surface area (Å²) in [6, 6.07) is 1.23. The summed E-state index contributed by atoms with van der Waals surface area (Å²) in [7, 11) is 0. The molecular weight excluding hydrogens is 642 g/mol. The Labute approximate surface area is 291 Å². The van der Waals surface area contributed by atoms with E-state index in [9.17, 15) is 49.5 Å². The van der Waals surface area contributed by atoms with Crippen LogP contribution in [0.3, 0.4) is 0 Å². The van der Waals surface area contributed by atoms with E-state index in [1.807, 2.05) is 0 Å². The number of carbonyl (C=O) groups excluding carboxylic acids is 5. The van der Waals surface area contributed by atoms with Gasteiger partial charge in [-0.25, -0.2) is 0 Å². The Kier molecular flexibility index (Phi) is 13.5. The third-order valence-corrected chi connectivity index (χ3v) is 8.81. The fraction of sp³-hybridized carbons (Fsp3) is 0.359. The van der Waals surface area contributed by atoms with Crippen LogP contribution in [0.5, 0.6) is 5.75 Å². The first-order chi connectivity index (χ1) is 23.5. The number of aryl methyl sites for hydroxylation is 1. The number of ketones is 4. The molecule has 6 atom stereocenters. The average Bonchev–Trinajstić information content (AvgIpc) is 3.07. The van der Waals surface area contributed by atoms with Crippen LogP contribution in [0.4, 0.5) is 0 Å². The maximum atomic E-state index is 13.7. The van der Waals surface area contributed by atoms with Crippen LogP contribution in [0.2, 0.25) is 0 Å². The van der Waals surface area contributed by atoms with Gasteiger partial charge in [0.2, 0.25) is 11.7 Å². The monoisotopic (exact) mass is 687 g/mol. The molecule has 0 radical (unpaired) electrons. The summed E-state index contributed by atoms with van der Waals surface area (Å²) in [6.45, 7) is 9.57. The Morgan fingerprint density at radius 1 is 0.720 bits per heavy atom. The van der Waals surface area contributed by atoms with E-state index in [0.717, 1.165) is 6.08 Å². The lowest BCUT2D eigenvalue weighted by atomic mass is 9.82. The second-order valence-electron chi connectivity index (χ2n) is 12.9. The quantitative estimate of drug-likeness (QED) is 0.167. The summed E-state index contributed by atoms with van der Waals surface area (Å²) in [5.41, 5.74) is -1.36. The number of nitrogens with one attached hydrogen (secondary N) is 1. The topological polar surface area (TPSA) is 199 Å². The van der Waals surface area contributed by atoms with Crippen molar-refractivity contribution in [3.8, 4) is 5.75 Å². The van der Waals surface area contributed by atoms with Crippen molar-refractivity contribution in [2.75, 3.05) is 0 Å². The molecule has 2 heterocycles. The molecule has 0 saturated heterocycles. The number of fused-ring (bicyclic) bond motifs is 18. The van der Waals surface area contributed by atoms with Crippen molar-refractivity contribution in [1.29, 1.82) is 0 Å². The fourth-order valence-electron chi connectivity index (χ4n) is 5.53. The molecule has 3 aliphatic rings. The molecular formula is C39H45NO10. The van der Waals surface area contributed by atoms with E-state index in [0.29, 0.717) is 5.57 Å². The van der Waals surface area contributed by atoms with Crippen molar-refractivity contribution in [1.82, 2.24) is 5.32 Å². The largest absolute Gasteiger partial charge is 0.507 e. The molecule has 1 aromatic rings. The number of hydrogen-bond donors (Lipinski definition) is 6. The molecule has 0 aromatic heterocycles. The molecule has 0 unspecified atom stereocenters. The molecule has 1 amide bonds. The molecule has 1 aliphatic carbocycles. The van der Waals surface area contributed by atoms with Gasteiger partial charge < -0.3 is 30.8 Å². The highest BCUT2D eigenvalue weighted by Gasteiger charge is 2.39. The zero-order valence-corrected chi connectivity index (χ0v) is 29.0. The SMILES string of the molecule is C/C1=C\C[C@H](O)/C=C/[C@H](C)[C@H](O)[C@@H](C)/C=C(\C)C(=O)c2c(O)c(C)cc3c2C(=O)C(=O)C(=C3O)NC(=O)\C=C/C=C/C=C\[C@H](C)[C@@H](O)CC1=O. The lowest BCUT2D eigenvalue weighted by molar-refractivity contribution is -0.118. The highest BCUT2D eigenvalue weighted by molar-refractivity contribution is 6.53. The summed E-state index contributed by atoms with van der Waals surface area (Å²) >= 11 is 0. The summed E-state index contributed by atoms with van der Waals surface area (Å²) in [5.74, 6) is -7.27. The Morgan fingerprint density at radius 3 is 2.06 bits per heavy atom. The van der Waals surface area contributed by atoms with Crippen molar-refractivity contribution in [2.45, 2.75) is 72.7 Å². The first-order valence-electron chi connectivity index (χ1n) is 16.3. The van der Waals surface area contributed by atoms with Gasteiger partial charge in [0, 0.05) is 35.8 Å². The summed E-state index contributed by atoms with van der Waals surface area (Å²) < 4.78 is 0. The van der Waals surface area contributed by atoms with E-state index in [-0.39, 0.29) is 35.3 Å². The zero-order chi connectivity index (χ0) is 37.4. The van der Waals surface area contributed by atoms with Crippen LogP contribution in [0.15, 0.2) is 83.7 Å². The van der Waals surface area contributed by atoms with E-state index < -0.39 is 87.7 Å². The van der Waals surface area contributed by atoms with Gasteiger partial charge in [-0.2, -0.15) is 0 Å². The summed E-state index contributed by atoms with van der Waals surface area (Å²) in [6.07, 6.45) is 11.9. The molecule has 1 aromatic carbocycles. The van der Waals surface area contributed by atoms with Gasteiger partial charge in [0.05, 0.1) is 29.4 Å². The number of rotatable bonds is 0. The van der Waals surface area contributed by atoms with Crippen molar-refractivity contribution in [2.24, 2.45) is 17.8 Å². The lowest BCUT2D eigenvalue weighted by Crippen LogP contribution is -2.35. The first kappa shape index (κ1) is 39.5. The maximum absolute atomic E-state index is 13.7. The maximum Gasteiger partial charge on any atom is 0.253 e. The molecule has 0 spiro atoms. The first-order valence-corrected chi connectivity index (χ1v) is 16.3. The van der Waals surface area contributed by atoms with Gasteiger partial charge >= 0.3 is 0 Å². The second kappa shape index (κ2) is 17.1. The van der Waals surface area contributed by atoms with E-state index in [2.05, 4.69) is 5.32 Å². The number of hydrogen-bond acceptors (Lipinski definition) is 10. The zero-order valence-electron chi connectivity index (χ0n) is 29.0. The molecule has 50 heavy (non-hydrogen) atoms. The van der Waals surface area contributed by atoms with Crippen molar-refractivity contribution < 1.29 is 49.5 Å². The van der Waals surface area contributed by atoms with Crippen LogP contribution in [-0.2, 0) is 14.4 Å². The molecule has 4 rings (SSSR count). The van der Waals surface area contributed by atoms with Gasteiger partial charge in [-0.15, -0.1) is 0 Å². The highest BCUT2D eigenvalue weighted by atomic mass is 16.3. The predicted octanol–water partition coefficient (Wildman–Crippen LogP) is 4.46. The van der Waals surface area contributed by atoms with Crippen LogP contribution < -0.4 is 5.32 Å². The van der Waals surface area contributed by atoms with Crippen LogP contribution >= 0.6 is 0 Å². The number of aliphatic hydroxyl groups is 4. The molecule has 2 aliphatic heterocycles. The highest BCUT2D eigenvalue weighted by Crippen LogP contribution is 2.37. The number of aromatic hydroxyl groups is 1. The number of phenols is 1. The van der Waals surface area contributed by atoms with Crippen LogP contribution in [0, 0.1) is 24.7 Å². The molecule has 6 N–H and O–H groups in total. The molecule has 11 heteroatoms. The third kappa shape index (κ3) is 9.38. The van der Waals surface area contributed by atoms with Gasteiger partial charge in [-0.3, -0.25) is 24.0 Å². The van der Waals surface area contributed by atoms with Gasteiger partial charge in [-0.1, -0.05) is 75.5 Å². The summed E-state index contributed by atoms with van der Waals surface area (Å²) in [4.78, 5) is 65.5. The minimum Gasteiger partial charge on any atom is -0.507 e. The standard InChI is InChI=1S/C39H45NO10/c1-20-11-9-7-8-10-12-30(44)40-33-37(48)27-18-25(6)36(47)32(31(27)38(49)39(33)50)35(46)24(5)17-23(4)34(45)22(3)14-16-26(41)15-13-21(2)29(43)19-28(20)42/h7-14,16-18,20,22-23,26,28,34,41-42,45,47-48H,15,19H2,1-6H3,(H,40,44)/b8-7+,11-9-,12-10-,16-14+,21-13+,24-17+/t20-,22-,23-,26-,28-,34-/m0/s1. The van der Waals surface area contributed by atoms with E-state index in [4.69, 9.17) is 0 Å².